The second-order valence-electron chi connectivity index (χ2n) is 19.1. The van der Waals surface area contributed by atoms with Gasteiger partial charge in [0.2, 0.25) is 11.8 Å². The summed E-state index contributed by atoms with van der Waals surface area (Å²) in [6.07, 6.45) is 11.5. The number of carbonyl (C=O) groups excluding carboxylic acids is 4. The van der Waals surface area contributed by atoms with Crippen molar-refractivity contribution in [2.75, 3.05) is 85.7 Å². The van der Waals surface area contributed by atoms with E-state index < -0.39 is 49.4 Å². The van der Waals surface area contributed by atoms with Crippen LogP contribution in [-0.4, -0.2) is 177 Å². The number of carboxylic acid groups (broad SMARTS) is 3. The van der Waals surface area contributed by atoms with Gasteiger partial charge in [-0.2, -0.15) is 0 Å². The first-order chi connectivity index (χ1) is 36.8. The topological polar surface area (TPSA) is 308 Å². The Kier molecular flexibility index (Phi) is 23.0. The number of nitrogens with one attached hydrogen (secondary N) is 6. The molecule has 0 aliphatic carbocycles. The molecule has 8 bridgehead atoms. The van der Waals surface area contributed by atoms with Crippen LogP contribution in [0, 0.1) is 13.8 Å². The third-order valence-electron chi connectivity index (χ3n) is 13.8. The molecule has 5 rings (SSSR count). The second kappa shape index (κ2) is 29.3. The minimum Gasteiger partial charge on any atom is -0.480 e. The van der Waals surface area contributed by atoms with Crippen molar-refractivity contribution in [3.8, 4) is 0 Å². The van der Waals surface area contributed by atoms with Gasteiger partial charge >= 0.3 is 29.8 Å². The number of fused-ring (bicyclic) bond motifs is 8. The van der Waals surface area contributed by atoms with E-state index in [0.29, 0.717) is 19.3 Å². The summed E-state index contributed by atoms with van der Waals surface area (Å²) < 4.78 is 9.89. The van der Waals surface area contributed by atoms with E-state index in [1.807, 2.05) is 6.92 Å². The maximum atomic E-state index is 13.5. The van der Waals surface area contributed by atoms with Crippen molar-refractivity contribution < 1.29 is 58.4 Å². The maximum Gasteiger partial charge on any atom is 0.320 e. The van der Waals surface area contributed by atoms with Gasteiger partial charge in [-0.15, -0.1) is 0 Å². The molecular formula is C55H78N10O12. The lowest BCUT2D eigenvalue weighted by Gasteiger charge is -2.27. The largest absolute Gasteiger partial charge is 0.480 e. The Morgan fingerprint density at radius 3 is 1.68 bits per heavy atom. The Morgan fingerprint density at radius 2 is 1.08 bits per heavy atom. The quantitative estimate of drug-likeness (QED) is 0.0221. The monoisotopic (exact) mass is 1070 g/mol. The fourth-order valence-corrected chi connectivity index (χ4v) is 9.98. The lowest BCUT2D eigenvalue weighted by atomic mass is 10.0. The molecule has 1 aliphatic heterocycles. The highest BCUT2D eigenvalue weighted by molar-refractivity contribution is 5.80. The van der Waals surface area contributed by atoms with Crippen molar-refractivity contribution >= 4 is 65.7 Å². The van der Waals surface area contributed by atoms with E-state index >= 15 is 0 Å². The SMILES string of the molecule is CCOC(=O)CN(CCN(CCN(CC(=O)O)CC(=O)NCCNC(=O)CCc1c2[nH]c(c1C)C=c1[nH]c(c(CC)c1CC)=Nc1[nH]c(c(CC)c1CC)C=c1[nH]c(c(CCCC(=O)OC)c1C)=C2)CC(=O)O)CC(=O)O. The molecule has 2 amide bonds. The van der Waals surface area contributed by atoms with Gasteiger partial charge in [-0.1, -0.05) is 27.7 Å². The molecule has 0 radical (unpaired) electrons. The lowest BCUT2D eigenvalue weighted by molar-refractivity contribution is -0.147. The van der Waals surface area contributed by atoms with E-state index in [9.17, 15) is 48.9 Å². The van der Waals surface area contributed by atoms with Crippen molar-refractivity contribution in [3.63, 3.8) is 0 Å². The molecule has 0 saturated carbocycles. The zero-order chi connectivity index (χ0) is 56.3. The third kappa shape index (κ3) is 17.1. The van der Waals surface area contributed by atoms with Crippen LogP contribution in [-0.2, 0) is 81.6 Å². The average Bonchev–Trinajstić information content (AvgIpc) is 4.12. The van der Waals surface area contributed by atoms with Crippen LogP contribution in [0.2, 0.25) is 0 Å². The summed E-state index contributed by atoms with van der Waals surface area (Å²) in [5.41, 5.74) is 12.2. The molecular weight excluding hydrogens is 993 g/mol. The summed E-state index contributed by atoms with van der Waals surface area (Å²) in [4.78, 5) is 110. The highest BCUT2D eigenvalue weighted by Crippen LogP contribution is 2.28. The van der Waals surface area contributed by atoms with E-state index in [1.165, 1.54) is 38.5 Å². The van der Waals surface area contributed by atoms with Crippen LogP contribution in [0.15, 0.2) is 4.99 Å². The van der Waals surface area contributed by atoms with Gasteiger partial charge in [-0.25, -0.2) is 4.99 Å². The molecule has 0 atom stereocenters. The number of amides is 2. The fourth-order valence-electron chi connectivity index (χ4n) is 9.98. The number of hydrogen-bond acceptors (Lipinski definition) is 13. The number of ether oxygens (including phenoxy) is 2. The van der Waals surface area contributed by atoms with Gasteiger partial charge < -0.3 is 55.4 Å². The summed E-state index contributed by atoms with van der Waals surface area (Å²) in [5, 5.41) is 36.9. The molecule has 9 N–H and O–H groups in total. The Morgan fingerprint density at radius 1 is 0.532 bits per heavy atom. The highest BCUT2D eigenvalue weighted by Gasteiger charge is 2.22. The highest BCUT2D eigenvalue weighted by atomic mass is 16.5. The van der Waals surface area contributed by atoms with Crippen LogP contribution in [0.4, 0.5) is 5.82 Å². The molecule has 0 saturated heterocycles. The predicted molar refractivity (Wildman–Crippen MR) is 289 cm³/mol. The summed E-state index contributed by atoms with van der Waals surface area (Å²) in [6.45, 7) is 12.5. The number of methoxy groups -OCH3 is 1. The number of H-pyrrole nitrogens is 4. The van der Waals surface area contributed by atoms with Crippen LogP contribution < -0.4 is 32.2 Å². The molecule has 22 nitrogen and oxygen atoms in total. The van der Waals surface area contributed by atoms with Gasteiger partial charge in [0.15, 0.2) is 0 Å². The summed E-state index contributed by atoms with van der Waals surface area (Å²) in [7, 11) is 1.39. The molecule has 420 valence electrons. The first-order valence-corrected chi connectivity index (χ1v) is 26.6. The van der Waals surface area contributed by atoms with Crippen molar-refractivity contribution in [1.29, 1.82) is 0 Å². The van der Waals surface area contributed by atoms with Gasteiger partial charge in [0, 0.05) is 85.2 Å². The van der Waals surface area contributed by atoms with Crippen molar-refractivity contribution in [2.45, 2.75) is 106 Å². The lowest BCUT2D eigenvalue weighted by Crippen LogP contribution is -2.47. The van der Waals surface area contributed by atoms with Crippen LogP contribution in [0.1, 0.15) is 115 Å². The van der Waals surface area contributed by atoms with E-state index in [0.717, 1.165) is 97.9 Å². The smallest absolute Gasteiger partial charge is 0.320 e. The predicted octanol–water partition coefficient (Wildman–Crippen LogP) is 1.00. The number of esters is 2. The standard InChI is InChI=1S/C55H78N10O12/c1-9-35-37(11-3)54-60-43(35)25-41-33(6)39(15-14-16-52(74)76-8)45(58-41)27-46-40(34(7)42(59-46)26-44-36(10-2)38(12-4)55(61-44)62-54)17-18-47(66)56-19-20-57-48(67)28-64(30-50(70)71)23-21-63(29-49(68)69)22-24-65(31-51(72)73)32-53(75)77-13-5/h25-27,58-59H,9-24,28-32H2,1-8H3,(H,56,66)(H,57,67)(H,68,69)(H,70,71)(H,72,73)(H2,60,61,62). The number of aromatic nitrogens is 4. The molecule has 0 fully saturated rings. The maximum absolute atomic E-state index is 13.5. The number of carbonyl (C=O) groups is 7. The minimum atomic E-state index is -1.21. The van der Waals surface area contributed by atoms with Gasteiger partial charge in [-0.3, -0.25) is 48.3 Å². The Balaban J connectivity index is 1.34. The Labute approximate surface area is 448 Å². The van der Waals surface area contributed by atoms with Crippen LogP contribution in [0.25, 0.3) is 18.2 Å². The molecule has 5 heterocycles. The zero-order valence-electron chi connectivity index (χ0n) is 45.9. The fraction of sp³-hybridized carbons (Fsp3) is 0.527. The van der Waals surface area contributed by atoms with E-state index in [1.54, 1.807) is 6.92 Å². The van der Waals surface area contributed by atoms with Gasteiger partial charge in [-0.05, 0) is 128 Å². The molecule has 0 unspecified atom stereocenters. The molecule has 77 heavy (non-hydrogen) atoms. The molecule has 4 aromatic heterocycles. The Hall–Kier alpha value is -7.30. The van der Waals surface area contributed by atoms with Crippen molar-refractivity contribution in [1.82, 2.24) is 45.3 Å². The molecule has 22 heteroatoms. The van der Waals surface area contributed by atoms with Gasteiger partial charge in [0.25, 0.3) is 0 Å². The number of carboxylic acids is 3. The van der Waals surface area contributed by atoms with Gasteiger partial charge in [0.05, 0.1) is 46.4 Å². The summed E-state index contributed by atoms with van der Waals surface area (Å²) >= 11 is 0. The third-order valence-corrected chi connectivity index (χ3v) is 13.8. The average molecular weight is 1070 g/mol. The minimum absolute atomic E-state index is 0.00334. The molecule has 1 aliphatic rings. The van der Waals surface area contributed by atoms with Crippen molar-refractivity contribution in [3.05, 3.63) is 83.1 Å². The Bertz CT molecular complexity index is 3020. The van der Waals surface area contributed by atoms with E-state index in [4.69, 9.17) is 14.5 Å². The molecule has 0 aromatic carbocycles. The summed E-state index contributed by atoms with van der Waals surface area (Å²) in [6, 6.07) is 0. The molecule has 4 aromatic rings. The zero-order valence-corrected chi connectivity index (χ0v) is 45.9. The normalized spacial score (nSPS) is 11.9. The number of rotatable bonds is 31. The second-order valence-corrected chi connectivity index (χ2v) is 19.1. The van der Waals surface area contributed by atoms with E-state index in [-0.39, 0.29) is 83.7 Å². The number of aliphatic carboxylic acids is 3. The molecule has 0 spiro atoms. The van der Waals surface area contributed by atoms with Crippen LogP contribution >= 0.6 is 0 Å². The van der Waals surface area contributed by atoms with Gasteiger partial charge in [0.1, 0.15) is 11.3 Å². The number of aromatic amines is 4. The van der Waals surface area contributed by atoms with Crippen LogP contribution in [0.5, 0.6) is 0 Å². The first kappa shape index (κ1) is 60.6. The number of nitrogens with zero attached hydrogens (tertiary/aromatic N) is 4. The first-order valence-electron chi connectivity index (χ1n) is 26.6. The summed E-state index contributed by atoms with van der Waals surface area (Å²) in [5.74, 6) is -4.42. The van der Waals surface area contributed by atoms with Crippen LogP contribution in [0.3, 0.4) is 0 Å². The van der Waals surface area contributed by atoms with E-state index in [2.05, 4.69) is 83.4 Å². The number of hydrogen-bond donors (Lipinski definition) is 9. The van der Waals surface area contributed by atoms with Crippen molar-refractivity contribution in [2.24, 2.45) is 4.99 Å².